The predicted octanol–water partition coefficient (Wildman–Crippen LogP) is 1.31. The van der Waals surface area contributed by atoms with E-state index in [4.69, 9.17) is 0 Å². The van der Waals surface area contributed by atoms with E-state index in [1.165, 1.54) is 13.1 Å². The first kappa shape index (κ1) is 7.76. The molecule has 1 aliphatic rings. The van der Waals surface area contributed by atoms with Gasteiger partial charge in [-0.15, -0.1) is 0 Å². The second kappa shape index (κ2) is 3.17. The van der Waals surface area contributed by atoms with Crippen LogP contribution in [0.1, 0.15) is 6.92 Å². The van der Waals surface area contributed by atoms with Gasteiger partial charge in [-0.3, -0.25) is 4.90 Å². The van der Waals surface area contributed by atoms with E-state index in [-0.39, 0.29) is 0 Å². The lowest BCUT2D eigenvalue weighted by Crippen LogP contribution is -2.51. The molecule has 0 aromatic heterocycles. The van der Waals surface area contributed by atoms with E-state index in [0.717, 1.165) is 5.25 Å². The largest absolute Gasteiger partial charge is 0.290 e. The minimum Gasteiger partial charge on any atom is -0.290 e. The molecule has 1 aliphatic heterocycles. The van der Waals surface area contributed by atoms with Crippen molar-refractivity contribution < 1.29 is 0 Å². The monoisotopic (exact) mass is 163 g/mol. The molecule has 1 nitrogen and oxygen atoms in total. The summed E-state index contributed by atoms with van der Waals surface area (Å²) in [5, 5.41) is 1.33. The van der Waals surface area contributed by atoms with Crippen LogP contribution in [0.4, 0.5) is 0 Å². The fourth-order valence-corrected chi connectivity index (χ4v) is 1.79. The van der Waals surface area contributed by atoms with E-state index < -0.39 is 0 Å². The molecular weight excluding hydrogens is 150 g/mol. The maximum absolute atomic E-state index is 4.32. The van der Waals surface area contributed by atoms with Gasteiger partial charge in [0.05, 0.1) is 0 Å². The number of nitrogens with zero attached hydrogens (tertiary/aromatic N) is 1. The third-order valence-corrected chi connectivity index (χ3v) is 3.03. The van der Waals surface area contributed by atoms with Gasteiger partial charge in [0.2, 0.25) is 0 Å². The van der Waals surface area contributed by atoms with Crippen LogP contribution >= 0.6 is 24.4 Å². The van der Waals surface area contributed by atoms with E-state index in [2.05, 4.69) is 30.7 Å². The molecule has 0 N–H and O–H groups in total. The van der Waals surface area contributed by atoms with Gasteiger partial charge in [0.1, 0.15) is 0 Å². The lowest BCUT2D eigenvalue weighted by Gasteiger charge is -2.40. The topological polar surface area (TPSA) is 3.24 Å². The van der Waals surface area contributed by atoms with Crippen LogP contribution in [0.5, 0.6) is 0 Å². The predicted molar refractivity (Wildman–Crippen MR) is 47.3 cm³/mol. The molecule has 3 heteroatoms. The Hall–Kier alpha value is 0.660. The van der Waals surface area contributed by atoms with Crippen LogP contribution in [-0.2, 0) is 0 Å². The van der Waals surface area contributed by atoms with Crippen LogP contribution < -0.4 is 0 Å². The van der Waals surface area contributed by atoms with Crippen molar-refractivity contribution >= 4 is 24.4 Å². The van der Waals surface area contributed by atoms with Crippen LogP contribution in [0.3, 0.4) is 0 Å². The Balaban J connectivity index is 2.12. The van der Waals surface area contributed by atoms with Gasteiger partial charge in [-0.1, -0.05) is 0 Å². The zero-order chi connectivity index (χ0) is 6.85. The summed E-state index contributed by atoms with van der Waals surface area (Å²) in [5.41, 5.74) is 0. The Kier molecular flexibility index (Phi) is 2.73. The molecule has 54 valence electrons. The Morgan fingerprint density at radius 3 is 2.56 bits per heavy atom. The number of rotatable bonds is 2. The molecule has 0 aliphatic carbocycles. The molecular formula is C6H13NS2. The van der Waals surface area contributed by atoms with Crippen molar-refractivity contribution in [3.63, 3.8) is 0 Å². The highest BCUT2D eigenvalue weighted by Crippen LogP contribution is 2.22. The SMILES string of the molecule is CSC1CN(C(C)S)C1. The maximum Gasteiger partial charge on any atom is 0.0500 e. The van der Waals surface area contributed by atoms with Crippen LogP contribution in [0, 0.1) is 0 Å². The average molecular weight is 163 g/mol. The second-order valence-electron chi connectivity index (χ2n) is 2.44. The minimum absolute atomic E-state index is 0.452. The van der Waals surface area contributed by atoms with Crippen molar-refractivity contribution in [2.24, 2.45) is 0 Å². The first-order valence-corrected chi connectivity index (χ1v) is 4.99. The highest BCUT2D eigenvalue weighted by Gasteiger charge is 2.27. The van der Waals surface area contributed by atoms with Gasteiger partial charge in [0.25, 0.3) is 0 Å². The summed E-state index contributed by atoms with van der Waals surface area (Å²) in [6, 6.07) is 0. The molecule has 1 unspecified atom stereocenters. The third kappa shape index (κ3) is 1.79. The summed E-state index contributed by atoms with van der Waals surface area (Å²) in [7, 11) is 0. The molecule has 0 aromatic carbocycles. The van der Waals surface area contributed by atoms with Crippen molar-refractivity contribution in [3.8, 4) is 0 Å². The van der Waals surface area contributed by atoms with E-state index in [0.29, 0.717) is 5.37 Å². The molecule has 0 amide bonds. The molecule has 1 saturated heterocycles. The van der Waals surface area contributed by atoms with Crippen LogP contribution in [-0.4, -0.2) is 34.9 Å². The smallest absolute Gasteiger partial charge is 0.0500 e. The quantitative estimate of drug-likeness (QED) is 0.611. The maximum atomic E-state index is 4.32. The summed E-state index contributed by atoms with van der Waals surface area (Å²) < 4.78 is 0. The lowest BCUT2D eigenvalue weighted by atomic mass is 10.2. The van der Waals surface area contributed by atoms with Crippen LogP contribution in [0.15, 0.2) is 0 Å². The molecule has 0 saturated carbocycles. The molecule has 1 heterocycles. The van der Waals surface area contributed by atoms with Gasteiger partial charge in [0, 0.05) is 23.7 Å². The van der Waals surface area contributed by atoms with Gasteiger partial charge in [-0.2, -0.15) is 24.4 Å². The van der Waals surface area contributed by atoms with Crippen molar-refractivity contribution in [1.29, 1.82) is 0 Å². The molecule has 0 radical (unpaired) electrons. The molecule has 9 heavy (non-hydrogen) atoms. The molecule has 1 atom stereocenters. The molecule has 0 aromatic rings. The van der Waals surface area contributed by atoms with E-state index in [1.807, 2.05) is 11.8 Å². The number of likely N-dealkylation sites (tertiary alicyclic amines) is 1. The van der Waals surface area contributed by atoms with Gasteiger partial charge < -0.3 is 0 Å². The number of hydrogen-bond acceptors (Lipinski definition) is 3. The van der Waals surface area contributed by atoms with Crippen molar-refractivity contribution in [2.75, 3.05) is 19.3 Å². The zero-order valence-electron chi connectivity index (χ0n) is 5.87. The number of hydrogen-bond donors (Lipinski definition) is 1. The summed E-state index contributed by atoms with van der Waals surface area (Å²) in [6.45, 7) is 4.58. The van der Waals surface area contributed by atoms with Gasteiger partial charge in [-0.05, 0) is 13.2 Å². The second-order valence-corrected chi connectivity index (χ2v) is 4.33. The number of thiol groups is 1. The van der Waals surface area contributed by atoms with Crippen LogP contribution in [0.2, 0.25) is 0 Å². The highest BCUT2D eigenvalue weighted by molar-refractivity contribution is 7.99. The normalized spacial score (nSPS) is 25.7. The Bertz CT molecular complexity index is 89.1. The molecule has 1 rings (SSSR count). The molecule has 0 spiro atoms. The Morgan fingerprint density at radius 2 is 2.22 bits per heavy atom. The van der Waals surface area contributed by atoms with Gasteiger partial charge in [-0.25, -0.2) is 0 Å². The third-order valence-electron chi connectivity index (χ3n) is 1.74. The fourth-order valence-electron chi connectivity index (χ4n) is 0.924. The highest BCUT2D eigenvalue weighted by atomic mass is 32.2. The average Bonchev–Trinajstić information content (AvgIpc) is 1.61. The summed E-state index contributed by atoms with van der Waals surface area (Å²) in [4.78, 5) is 2.37. The van der Waals surface area contributed by atoms with Crippen LogP contribution in [0.25, 0.3) is 0 Å². The first-order chi connectivity index (χ1) is 4.24. The van der Waals surface area contributed by atoms with Crippen molar-refractivity contribution in [2.45, 2.75) is 17.5 Å². The first-order valence-electron chi connectivity index (χ1n) is 3.19. The molecule has 0 bridgehead atoms. The Labute approximate surface area is 66.6 Å². The van der Waals surface area contributed by atoms with Gasteiger partial charge >= 0.3 is 0 Å². The van der Waals surface area contributed by atoms with Crippen molar-refractivity contribution in [3.05, 3.63) is 0 Å². The van der Waals surface area contributed by atoms with Crippen molar-refractivity contribution in [1.82, 2.24) is 4.90 Å². The fraction of sp³-hybridized carbons (Fsp3) is 1.00. The molecule has 1 fully saturated rings. The lowest BCUT2D eigenvalue weighted by molar-refractivity contribution is 0.185. The summed E-state index contributed by atoms with van der Waals surface area (Å²) in [5.74, 6) is 0. The Morgan fingerprint density at radius 1 is 1.67 bits per heavy atom. The van der Waals surface area contributed by atoms with E-state index in [9.17, 15) is 0 Å². The number of thioether (sulfide) groups is 1. The van der Waals surface area contributed by atoms with E-state index in [1.54, 1.807) is 0 Å². The minimum atomic E-state index is 0.452. The zero-order valence-corrected chi connectivity index (χ0v) is 7.58. The van der Waals surface area contributed by atoms with E-state index >= 15 is 0 Å². The van der Waals surface area contributed by atoms with Gasteiger partial charge in [0.15, 0.2) is 0 Å². The summed E-state index contributed by atoms with van der Waals surface area (Å²) in [6.07, 6.45) is 2.17. The standard InChI is InChI=1S/C6H13NS2/c1-5(8)7-3-6(4-7)9-2/h5-6,8H,3-4H2,1-2H3. The summed E-state index contributed by atoms with van der Waals surface area (Å²) >= 11 is 6.28.